The van der Waals surface area contributed by atoms with Gasteiger partial charge in [-0.1, -0.05) is 17.7 Å². The summed E-state index contributed by atoms with van der Waals surface area (Å²) in [5.41, 5.74) is 5.59. The van der Waals surface area contributed by atoms with E-state index in [1.807, 2.05) is 0 Å². The zero-order chi connectivity index (χ0) is 14.9. The number of halogens is 3. The molecule has 2 rings (SSSR count). The summed E-state index contributed by atoms with van der Waals surface area (Å²) in [4.78, 5) is -0.230. The third-order valence-electron chi connectivity index (χ3n) is 2.59. The lowest BCUT2D eigenvalue weighted by Crippen LogP contribution is -2.09. The highest BCUT2D eigenvalue weighted by molar-refractivity contribution is 7.91. The van der Waals surface area contributed by atoms with Crippen LogP contribution in [0.15, 0.2) is 41.3 Å². The van der Waals surface area contributed by atoms with Crippen LogP contribution in [0.4, 0.5) is 14.5 Å². The molecule has 0 amide bonds. The highest BCUT2D eigenvalue weighted by Gasteiger charge is 2.22. The summed E-state index contributed by atoms with van der Waals surface area (Å²) in [6.45, 7) is 0. The minimum atomic E-state index is -3.90. The Labute approximate surface area is 119 Å². The molecule has 3 nitrogen and oxygen atoms in total. The second-order valence-electron chi connectivity index (χ2n) is 4.19. The molecule has 0 bridgehead atoms. The van der Waals surface area contributed by atoms with Gasteiger partial charge in [0.15, 0.2) is 9.84 Å². The van der Waals surface area contributed by atoms with Gasteiger partial charge in [0.05, 0.1) is 16.5 Å². The molecule has 2 aromatic rings. The molecule has 0 saturated carbocycles. The first-order valence-corrected chi connectivity index (χ1v) is 7.54. The molecule has 2 N–H and O–H groups in total. The van der Waals surface area contributed by atoms with Gasteiger partial charge in [-0.3, -0.25) is 0 Å². The number of hydrogen-bond donors (Lipinski definition) is 1. The lowest BCUT2D eigenvalue weighted by atomic mass is 10.2. The van der Waals surface area contributed by atoms with Crippen LogP contribution < -0.4 is 5.73 Å². The van der Waals surface area contributed by atoms with Gasteiger partial charge in [0.1, 0.15) is 16.5 Å². The molecule has 0 aliphatic rings. The Morgan fingerprint density at radius 1 is 1.10 bits per heavy atom. The molecule has 0 atom stereocenters. The average molecular weight is 318 g/mol. The van der Waals surface area contributed by atoms with E-state index in [1.165, 1.54) is 18.2 Å². The maximum atomic E-state index is 13.1. The van der Waals surface area contributed by atoms with Gasteiger partial charge in [0, 0.05) is 6.07 Å². The van der Waals surface area contributed by atoms with Crippen LogP contribution in [0.2, 0.25) is 5.02 Å². The van der Waals surface area contributed by atoms with Gasteiger partial charge in [-0.25, -0.2) is 17.2 Å². The second kappa shape index (κ2) is 5.38. The number of nitrogen functional groups attached to an aromatic ring is 1. The van der Waals surface area contributed by atoms with Crippen molar-refractivity contribution < 1.29 is 17.2 Å². The largest absolute Gasteiger partial charge is 0.398 e. The van der Waals surface area contributed by atoms with Gasteiger partial charge in [-0.15, -0.1) is 0 Å². The Kier molecular flexibility index (Phi) is 3.96. The summed E-state index contributed by atoms with van der Waals surface area (Å²) in [5.74, 6) is -2.28. The summed E-state index contributed by atoms with van der Waals surface area (Å²) in [6.07, 6.45) is 0. The molecule has 0 aliphatic heterocycles. The lowest BCUT2D eigenvalue weighted by Gasteiger charge is -2.09. The Balaban J connectivity index is 2.46. The Hall–Kier alpha value is -1.66. The first kappa shape index (κ1) is 14.7. The molecule has 0 fully saturated rings. The molecule has 7 heteroatoms. The number of rotatable bonds is 3. The SMILES string of the molecule is Nc1cccc(Cl)c1S(=O)(=O)Cc1cc(F)cc(F)c1. The van der Waals surface area contributed by atoms with Gasteiger partial charge in [-0.05, 0) is 29.8 Å². The van der Waals surface area contributed by atoms with Crippen LogP contribution in [0.5, 0.6) is 0 Å². The lowest BCUT2D eigenvalue weighted by molar-refractivity contribution is 0.579. The van der Waals surface area contributed by atoms with Crippen LogP contribution in [0.3, 0.4) is 0 Å². The van der Waals surface area contributed by atoms with Crippen molar-refractivity contribution in [2.75, 3.05) is 5.73 Å². The van der Waals surface area contributed by atoms with E-state index in [-0.39, 0.29) is 21.2 Å². The predicted molar refractivity (Wildman–Crippen MR) is 73.1 cm³/mol. The number of nitrogens with two attached hydrogens (primary N) is 1. The standard InChI is InChI=1S/C13H10ClF2NO2S/c14-11-2-1-3-12(17)13(11)20(18,19)7-8-4-9(15)6-10(16)5-8/h1-6H,7,17H2. The first-order chi connectivity index (χ1) is 9.29. The van der Waals surface area contributed by atoms with Crippen molar-refractivity contribution >= 4 is 27.1 Å². The molecule has 0 unspecified atom stereocenters. The monoisotopic (exact) mass is 317 g/mol. The zero-order valence-corrected chi connectivity index (χ0v) is 11.7. The van der Waals surface area contributed by atoms with E-state index in [9.17, 15) is 17.2 Å². The van der Waals surface area contributed by atoms with Crippen LogP contribution >= 0.6 is 11.6 Å². The van der Waals surface area contributed by atoms with Crippen molar-refractivity contribution in [1.29, 1.82) is 0 Å². The number of benzene rings is 2. The van der Waals surface area contributed by atoms with Crippen molar-refractivity contribution in [3.05, 3.63) is 58.6 Å². The van der Waals surface area contributed by atoms with Crippen LogP contribution in [0.25, 0.3) is 0 Å². The van der Waals surface area contributed by atoms with Gasteiger partial charge in [0.25, 0.3) is 0 Å². The van der Waals surface area contributed by atoms with E-state index in [2.05, 4.69) is 0 Å². The second-order valence-corrected chi connectivity index (χ2v) is 6.53. The fourth-order valence-electron chi connectivity index (χ4n) is 1.84. The van der Waals surface area contributed by atoms with E-state index in [0.717, 1.165) is 12.1 Å². The quantitative estimate of drug-likeness (QED) is 0.884. The molecule has 0 spiro atoms. The fourth-order valence-corrected chi connectivity index (χ4v) is 3.92. The Bertz CT molecular complexity index is 722. The van der Waals surface area contributed by atoms with E-state index < -0.39 is 27.2 Å². The van der Waals surface area contributed by atoms with Gasteiger partial charge >= 0.3 is 0 Å². The molecule has 0 aromatic heterocycles. The summed E-state index contributed by atoms with van der Waals surface area (Å²) in [7, 11) is -3.90. The maximum absolute atomic E-state index is 13.1. The van der Waals surface area contributed by atoms with Crippen LogP contribution in [0, 0.1) is 11.6 Å². The Morgan fingerprint density at radius 2 is 1.70 bits per heavy atom. The molecule has 106 valence electrons. The van der Waals surface area contributed by atoms with Crippen LogP contribution in [0.1, 0.15) is 5.56 Å². The fraction of sp³-hybridized carbons (Fsp3) is 0.0769. The molecule has 0 heterocycles. The average Bonchev–Trinajstić information content (AvgIpc) is 2.25. The molecule has 2 aromatic carbocycles. The smallest absolute Gasteiger partial charge is 0.186 e. The summed E-state index contributed by atoms with van der Waals surface area (Å²) in [6, 6.07) is 6.86. The maximum Gasteiger partial charge on any atom is 0.186 e. The molecular weight excluding hydrogens is 308 g/mol. The van der Waals surface area contributed by atoms with Gasteiger partial charge in [0.2, 0.25) is 0 Å². The van der Waals surface area contributed by atoms with Gasteiger partial charge in [-0.2, -0.15) is 0 Å². The van der Waals surface area contributed by atoms with Crippen molar-refractivity contribution in [3.8, 4) is 0 Å². The molecule has 0 saturated heterocycles. The molecule has 0 radical (unpaired) electrons. The number of sulfone groups is 1. The van der Waals surface area contributed by atoms with Crippen LogP contribution in [-0.4, -0.2) is 8.42 Å². The highest BCUT2D eigenvalue weighted by atomic mass is 35.5. The summed E-state index contributed by atoms with van der Waals surface area (Å²) < 4.78 is 50.7. The normalized spacial score (nSPS) is 11.6. The van der Waals surface area contributed by atoms with E-state index in [0.29, 0.717) is 6.07 Å². The van der Waals surface area contributed by atoms with E-state index >= 15 is 0 Å². The molecular formula is C13H10ClF2NO2S. The zero-order valence-electron chi connectivity index (χ0n) is 10.1. The number of hydrogen-bond acceptors (Lipinski definition) is 3. The molecule has 20 heavy (non-hydrogen) atoms. The van der Waals surface area contributed by atoms with E-state index in [4.69, 9.17) is 17.3 Å². The highest BCUT2D eigenvalue weighted by Crippen LogP contribution is 2.30. The third kappa shape index (κ3) is 3.08. The van der Waals surface area contributed by atoms with Crippen LogP contribution in [-0.2, 0) is 15.6 Å². The minimum Gasteiger partial charge on any atom is -0.398 e. The summed E-state index contributed by atoms with van der Waals surface area (Å²) in [5, 5.41) is -0.0260. The first-order valence-electron chi connectivity index (χ1n) is 5.51. The summed E-state index contributed by atoms with van der Waals surface area (Å²) >= 11 is 5.84. The van der Waals surface area contributed by atoms with Gasteiger partial charge < -0.3 is 5.73 Å². The van der Waals surface area contributed by atoms with Crippen molar-refractivity contribution in [1.82, 2.24) is 0 Å². The minimum absolute atomic E-state index is 0.00521. The van der Waals surface area contributed by atoms with Crippen molar-refractivity contribution in [2.45, 2.75) is 10.6 Å². The Morgan fingerprint density at radius 3 is 2.25 bits per heavy atom. The molecule has 0 aliphatic carbocycles. The van der Waals surface area contributed by atoms with E-state index in [1.54, 1.807) is 0 Å². The number of anilines is 1. The topological polar surface area (TPSA) is 60.2 Å². The van der Waals surface area contributed by atoms with Crippen molar-refractivity contribution in [3.63, 3.8) is 0 Å². The van der Waals surface area contributed by atoms with Crippen molar-refractivity contribution in [2.24, 2.45) is 0 Å². The predicted octanol–water partition coefficient (Wildman–Crippen LogP) is 3.17. The third-order valence-corrected chi connectivity index (χ3v) is 4.81.